The van der Waals surface area contributed by atoms with Crippen molar-refractivity contribution in [3.63, 3.8) is 0 Å². The molecule has 0 aliphatic rings. The number of carboxylic acid groups (broad SMARTS) is 1. The molecule has 0 atom stereocenters. The molecule has 0 aromatic rings. The Labute approximate surface area is 69.3 Å². The van der Waals surface area contributed by atoms with Crippen LogP contribution in [0.1, 0.15) is 0 Å². The predicted octanol–water partition coefficient (Wildman–Crippen LogP) is -1.77. The lowest BCUT2D eigenvalue weighted by atomic mass is 10.9. The molecule has 0 aromatic carbocycles. The Balaban J connectivity index is 0. The molecule has 0 bridgehead atoms. The number of halogens is 1. The van der Waals surface area contributed by atoms with Crippen LogP contribution >= 0.6 is 0 Å². The summed E-state index contributed by atoms with van der Waals surface area (Å²) in [6.07, 6.45) is -1.82. The van der Waals surface area contributed by atoms with Gasteiger partial charge in [-0.25, -0.2) is 0 Å². The molecule has 0 aromatic heterocycles. The molecule has 0 unspecified atom stereocenters. The summed E-state index contributed by atoms with van der Waals surface area (Å²) in [5, 5.41) is 9.48. The minimum atomic E-state index is -4.14. The van der Waals surface area contributed by atoms with Crippen LogP contribution in [0.15, 0.2) is 0 Å². The van der Waals surface area contributed by atoms with Crippen LogP contribution in [0.5, 0.6) is 0 Å². The molecule has 0 saturated carbocycles. The second-order valence-corrected chi connectivity index (χ2v) is 2.96. The summed E-state index contributed by atoms with van der Waals surface area (Å²) in [5.41, 5.74) is 0. The molecule has 6 nitrogen and oxygen atoms in total. The second kappa shape index (κ2) is 5.16. The van der Waals surface area contributed by atoms with Crippen LogP contribution in [-0.2, 0) is 14.9 Å². The molecule has 2 radical (unpaired) electrons. The Hall–Kier alpha value is -0.530. The molecule has 0 aliphatic heterocycles. The van der Waals surface area contributed by atoms with E-state index in [9.17, 15) is 18.3 Å². The van der Waals surface area contributed by atoms with Crippen molar-refractivity contribution in [1.29, 1.82) is 0 Å². The topological polar surface area (TPSA) is 104 Å². The van der Waals surface area contributed by atoms with Crippen LogP contribution in [0.2, 0.25) is 0 Å². The molecular formula is C3H5ClO6S. The summed E-state index contributed by atoms with van der Waals surface area (Å²) in [4.78, 5) is 9.48. The molecule has 0 fully saturated rings. The molecule has 0 heterocycles. The van der Waals surface area contributed by atoms with Gasteiger partial charge in [-0.15, -0.1) is 0 Å². The van der Waals surface area contributed by atoms with Gasteiger partial charge in [0.1, 0.15) is 0 Å². The summed E-state index contributed by atoms with van der Waals surface area (Å²) in [7, 11) is -4.14. The van der Waals surface area contributed by atoms with Gasteiger partial charge in [-0.2, -0.15) is 8.42 Å². The van der Waals surface area contributed by atoms with Crippen molar-refractivity contribution in [3.8, 4) is 0 Å². The molecule has 0 aliphatic carbocycles. The summed E-state index contributed by atoms with van der Waals surface area (Å²) < 4.78 is 31.4. The molecule has 11 heavy (non-hydrogen) atoms. The number of carbonyl (C=O) groups excluding carboxylic acids is 1. The van der Waals surface area contributed by atoms with Crippen molar-refractivity contribution in [2.24, 2.45) is 0 Å². The van der Waals surface area contributed by atoms with Crippen LogP contribution in [0.25, 0.3) is 0 Å². The molecule has 0 spiro atoms. The van der Waals surface area contributed by atoms with Crippen molar-refractivity contribution in [2.45, 2.75) is 0 Å². The average molecular weight is 205 g/mol. The molecule has 66 valence electrons. The van der Waals surface area contributed by atoms with Crippen LogP contribution in [0, 0.1) is 12.4 Å². The second-order valence-electron chi connectivity index (χ2n) is 1.38. The van der Waals surface area contributed by atoms with Gasteiger partial charge in [-0.3, -0.25) is 4.55 Å². The van der Waals surface area contributed by atoms with Crippen LogP contribution in [0.4, 0.5) is 4.79 Å². The number of rotatable bonds is 3. The van der Waals surface area contributed by atoms with E-state index in [1.54, 1.807) is 0 Å². The first kappa shape index (κ1) is 13.1. The third-order valence-electron chi connectivity index (χ3n) is 0.561. The normalized spacial score (nSPS) is 9.91. The minimum Gasteiger partial charge on any atom is -0.548 e. The van der Waals surface area contributed by atoms with E-state index in [1.165, 1.54) is 0 Å². The fourth-order valence-corrected chi connectivity index (χ4v) is 0.524. The molecule has 0 rings (SSSR count). The fraction of sp³-hybridized carbons (Fsp3) is 0.667. The highest BCUT2D eigenvalue weighted by Crippen LogP contribution is 1.82. The van der Waals surface area contributed by atoms with Crippen molar-refractivity contribution >= 4 is 16.3 Å². The van der Waals surface area contributed by atoms with E-state index in [1.807, 2.05) is 0 Å². The Morgan fingerprint density at radius 1 is 1.55 bits per heavy atom. The Morgan fingerprint density at radius 2 is 2.00 bits per heavy atom. The lowest BCUT2D eigenvalue weighted by Crippen LogP contribution is -2.26. The van der Waals surface area contributed by atoms with Gasteiger partial charge in [0.25, 0.3) is 16.3 Å². The van der Waals surface area contributed by atoms with Gasteiger partial charge < -0.3 is 14.6 Å². The summed E-state index contributed by atoms with van der Waals surface area (Å²) >= 11 is 0. The maximum Gasteiger partial charge on any atom is 1.00 e. The van der Waals surface area contributed by atoms with E-state index < -0.39 is 28.6 Å². The van der Waals surface area contributed by atoms with Gasteiger partial charge in [-0.05, 0) is 0 Å². The summed E-state index contributed by atoms with van der Waals surface area (Å²) in [5.74, 6) is -0.749. The van der Waals surface area contributed by atoms with E-state index >= 15 is 0 Å². The monoisotopic (exact) mass is 204 g/mol. The average Bonchev–Trinajstić information content (AvgIpc) is 1.59. The van der Waals surface area contributed by atoms with Gasteiger partial charge in [0.2, 0.25) is 0 Å². The van der Waals surface area contributed by atoms with Gasteiger partial charge >= 0.3 is 12.4 Å². The highest BCUT2D eigenvalue weighted by Gasteiger charge is 2.01. The zero-order chi connectivity index (χ0) is 8.20. The number of hydrogen-bond donors (Lipinski definition) is 1. The van der Waals surface area contributed by atoms with Crippen molar-refractivity contribution in [2.75, 3.05) is 12.4 Å². The van der Waals surface area contributed by atoms with Crippen LogP contribution < -0.4 is 5.11 Å². The van der Waals surface area contributed by atoms with E-state index in [2.05, 4.69) is 4.74 Å². The van der Waals surface area contributed by atoms with Crippen LogP contribution in [0.3, 0.4) is 0 Å². The lowest BCUT2D eigenvalue weighted by molar-refractivity contribution is -0.282. The molecule has 1 N–H and O–H groups in total. The predicted molar refractivity (Wildman–Crippen MR) is 27.8 cm³/mol. The fourth-order valence-electron chi connectivity index (χ4n) is 0.230. The van der Waals surface area contributed by atoms with Crippen molar-refractivity contribution in [1.82, 2.24) is 0 Å². The minimum absolute atomic E-state index is 0. The van der Waals surface area contributed by atoms with Gasteiger partial charge in [0.05, 0.1) is 5.75 Å². The van der Waals surface area contributed by atoms with E-state index in [0.717, 1.165) is 0 Å². The summed E-state index contributed by atoms with van der Waals surface area (Å²) in [6, 6.07) is 0. The first-order valence-corrected chi connectivity index (χ1v) is 3.81. The maximum atomic E-state index is 9.87. The first-order valence-electron chi connectivity index (χ1n) is 2.21. The van der Waals surface area contributed by atoms with E-state index in [0.29, 0.717) is 0 Å². The Bertz CT molecular complexity index is 208. The zero-order valence-electron chi connectivity index (χ0n) is 5.19. The number of carbonyl (C=O) groups is 1. The van der Waals surface area contributed by atoms with Gasteiger partial charge in [-0.1, -0.05) is 0 Å². The molecule has 0 saturated heterocycles. The van der Waals surface area contributed by atoms with Gasteiger partial charge in [0.15, 0.2) is 0 Å². The van der Waals surface area contributed by atoms with E-state index in [4.69, 9.17) is 4.55 Å². The van der Waals surface area contributed by atoms with Crippen LogP contribution in [-0.4, -0.2) is 31.5 Å². The highest BCUT2D eigenvalue weighted by molar-refractivity contribution is 7.85. The largest absolute Gasteiger partial charge is 1.00 e. The van der Waals surface area contributed by atoms with Gasteiger partial charge in [0, 0.05) is 6.61 Å². The van der Waals surface area contributed by atoms with Crippen molar-refractivity contribution < 1.29 is 40.0 Å². The number of hydrogen-bond acceptors (Lipinski definition) is 5. The molecule has 8 heteroatoms. The third-order valence-corrected chi connectivity index (χ3v) is 1.24. The molecule has 0 amide bonds. The Kier molecular flexibility index (Phi) is 6.14. The molecular weight excluding hydrogens is 200 g/mol. The Morgan fingerprint density at radius 3 is 2.27 bits per heavy atom. The van der Waals surface area contributed by atoms with Crippen molar-refractivity contribution in [3.05, 3.63) is 0 Å². The smallest absolute Gasteiger partial charge is 0.548 e. The highest BCUT2D eigenvalue weighted by atomic mass is 35.5. The number of ether oxygens (including phenoxy) is 1. The third kappa shape index (κ3) is 12.6. The SMILES string of the molecule is O=C([O-])OCCS(=O)(=O)O.[Cl+]. The quantitative estimate of drug-likeness (QED) is 0.431. The standard InChI is InChI=1S/C3H6O6S.Cl/c4-3(5)9-1-2-10(6,7)8;/h1-2H2,(H,4,5)(H,6,7,8);/q;+1/p-1. The first-order chi connectivity index (χ1) is 4.42. The lowest BCUT2D eigenvalue weighted by Gasteiger charge is -2.04. The zero-order valence-corrected chi connectivity index (χ0v) is 6.76. The maximum absolute atomic E-state index is 9.87. The van der Waals surface area contributed by atoms with E-state index in [-0.39, 0.29) is 12.4 Å². The summed E-state index contributed by atoms with van der Waals surface area (Å²) in [6.45, 7) is -0.610.